The van der Waals surface area contributed by atoms with E-state index in [0.717, 1.165) is 11.4 Å². The van der Waals surface area contributed by atoms with Gasteiger partial charge >= 0.3 is 0 Å². The topological polar surface area (TPSA) is 64.7 Å². The minimum atomic E-state index is 0.542. The van der Waals surface area contributed by atoms with Crippen molar-refractivity contribution in [3.8, 4) is 11.5 Å². The number of hydrogen-bond donors (Lipinski definition) is 1. The van der Waals surface area contributed by atoms with Crippen LogP contribution in [-0.2, 0) is 0 Å². The van der Waals surface area contributed by atoms with Crippen LogP contribution in [-0.4, -0.2) is 15.0 Å². The first-order chi connectivity index (χ1) is 6.25. The van der Waals surface area contributed by atoms with Gasteiger partial charge in [0.1, 0.15) is 5.69 Å². The van der Waals surface area contributed by atoms with Crippen LogP contribution in [0.25, 0.3) is 11.5 Å². The summed E-state index contributed by atoms with van der Waals surface area (Å²) in [5, 5.41) is 2.39. The minimum absolute atomic E-state index is 0.542. The molecule has 2 aromatic rings. The number of nitrogens with two attached hydrogens (primary N) is 1. The maximum atomic E-state index is 5.51. The predicted molar refractivity (Wildman–Crippen MR) is 52.3 cm³/mol. The highest BCUT2D eigenvalue weighted by Crippen LogP contribution is 2.19. The second-order valence-electron chi connectivity index (χ2n) is 2.59. The largest absolute Gasteiger partial charge is 0.375 e. The smallest absolute Gasteiger partial charge is 0.180 e. The summed E-state index contributed by atoms with van der Waals surface area (Å²) >= 11 is 1.39. The molecule has 0 bridgehead atoms. The molecule has 2 aromatic heterocycles. The maximum Gasteiger partial charge on any atom is 0.180 e. The second-order valence-corrected chi connectivity index (χ2v) is 3.48. The monoisotopic (exact) mass is 192 g/mol. The van der Waals surface area contributed by atoms with Crippen molar-refractivity contribution in [2.45, 2.75) is 6.92 Å². The fourth-order valence-electron chi connectivity index (χ4n) is 0.963. The number of nitrogens with zero attached hydrogens (tertiary/aromatic N) is 3. The highest BCUT2D eigenvalue weighted by Gasteiger charge is 2.04. The lowest BCUT2D eigenvalue weighted by molar-refractivity contribution is 1.10. The van der Waals surface area contributed by atoms with Crippen molar-refractivity contribution >= 4 is 16.5 Å². The molecule has 0 amide bonds. The molecule has 0 saturated heterocycles. The van der Waals surface area contributed by atoms with Gasteiger partial charge in [-0.1, -0.05) is 0 Å². The van der Waals surface area contributed by atoms with Gasteiger partial charge in [-0.2, -0.15) is 0 Å². The Morgan fingerprint density at radius 2 is 2.23 bits per heavy atom. The third-order valence-electron chi connectivity index (χ3n) is 1.55. The number of nitrogen functional groups attached to an aromatic ring is 1. The van der Waals surface area contributed by atoms with E-state index in [1.807, 2.05) is 18.4 Å². The zero-order chi connectivity index (χ0) is 9.26. The number of thiazole rings is 1. The minimum Gasteiger partial charge on any atom is -0.375 e. The van der Waals surface area contributed by atoms with Crippen molar-refractivity contribution in [2.75, 3.05) is 5.73 Å². The van der Waals surface area contributed by atoms with Gasteiger partial charge in [-0.25, -0.2) is 15.0 Å². The van der Waals surface area contributed by atoms with Gasteiger partial charge < -0.3 is 5.73 Å². The van der Waals surface area contributed by atoms with Crippen LogP contribution in [0, 0.1) is 6.92 Å². The van der Waals surface area contributed by atoms with Gasteiger partial charge in [-0.3, -0.25) is 0 Å². The fourth-order valence-corrected chi connectivity index (χ4v) is 1.50. The highest BCUT2D eigenvalue weighted by molar-refractivity contribution is 7.13. The van der Waals surface area contributed by atoms with E-state index in [9.17, 15) is 0 Å². The van der Waals surface area contributed by atoms with Crippen LogP contribution in [0.15, 0.2) is 17.6 Å². The standard InChI is InChI=1S/C8H8N4S/c1-5-2-3-10-7(11-5)6-4-13-8(9)12-6/h2-4H,1H3,(H2,9,12). The lowest BCUT2D eigenvalue weighted by atomic mass is 10.4. The third kappa shape index (κ3) is 1.65. The van der Waals surface area contributed by atoms with Gasteiger partial charge in [0.25, 0.3) is 0 Å². The quantitative estimate of drug-likeness (QED) is 0.743. The van der Waals surface area contributed by atoms with Crippen LogP contribution in [0.2, 0.25) is 0 Å². The Morgan fingerprint density at radius 1 is 1.38 bits per heavy atom. The number of anilines is 1. The van der Waals surface area contributed by atoms with Crippen LogP contribution in [0.5, 0.6) is 0 Å². The van der Waals surface area contributed by atoms with Crippen molar-refractivity contribution in [1.29, 1.82) is 0 Å². The molecule has 2 N–H and O–H groups in total. The molecule has 0 spiro atoms. The van der Waals surface area contributed by atoms with E-state index >= 15 is 0 Å². The molecule has 0 aliphatic heterocycles. The predicted octanol–water partition coefficient (Wildman–Crippen LogP) is 1.49. The Bertz CT molecular complexity index is 424. The van der Waals surface area contributed by atoms with Gasteiger partial charge in [-0.05, 0) is 13.0 Å². The van der Waals surface area contributed by atoms with E-state index in [1.54, 1.807) is 6.20 Å². The van der Waals surface area contributed by atoms with Gasteiger partial charge in [0.2, 0.25) is 0 Å². The van der Waals surface area contributed by atoms with Crippen molar-refractivity contribution < 1.29 is 0 Å². The first-order valence-electron chi connectivity index (χ1n) is 3.77. The Hall–Kier alpha value is -1.49. The van der Waals surface area contributed by atoms with E-state index in [4.69, 9.17) is 5.73 Å². The van der Waals surface area contributed by atoms with Crippen molar-refractivity contribution in [3.05, 3.63) is 23.3 Å². The van der Waals surface area contributed by atoms with Gasteiger partial charge in [0, 0.05) is 17.3 Å². The summed E-state index contributed by atoms with van der Waals surface area (Å²) in [6.07, 6.45) is 1.72. The number of aromatic nitrogens is 3. The molecule has 0 atom stereocenters. The molecule has 0 aliphatic rings. The fraction of sp³-hybridized carbons (Fsp3) is 0.125. The SMILES string of the molecule is Cc1ccnc(-c2csc(N)n2)n1. The van der Waals surface area contributed by atoms with E-state index in [1.165, 1.54) is 11.3 Å². The summed E-state index contributed by atoms with van der Waals surface area (Å²) in [7, 11) is 0. The van der Waals surface area contributed by atoms with Gasteiger partial charge in [0.05, 0.1) is 0 Å². The van der Waals surface area contributed by atoms with Crippen LogP contribution in [0.1, 0.15) is 5.69 Å². The molecule has 0 aliphatic carbocycles. The number of hydrogen-bond acceptors (Lipinski definition) is 5. The Kier molecular flexibility index (Phi) is 1.94. The van der Waals surface area contributed by atoms with Crippen LogP contribution in [0.3, 0.4) is 0 Å². The summed E-state index contributed by atoms with van der Waals surface area (Å²) in [5.41, 5.74) is 7.18. The molecule has 4 nitrogen and oxygen atoms in total. The van der Waals surface area contributed by atoms with Crippen LogP contribution >= 0.6 is 11.3 Å². The average molecular weight is 192 g/mol. The molecular weight excluding hydrogens is 184 g/mol. The summed E-state index contributed by atoms with van der Waals surface area (Å²) in [6.45, 7) is 1.92. The maximum absolute atomic E-state index is 5.51. The lowest BCUT2D eigenvalue weighted by Crippen LogP contribution is -1.91. The zero-order valence-electron chi connectivity index (χ0n) is 7.06. The summed E-state index contributed by atoms with van der Waals surface area (Å²) in [4.78, 5) is 12.4. The van der Waals surface area contributed by atoms with E-state index in [2.05, 4.69) is 15.0 Å². The molecule has 0 fully saturated rings. The summed E-state index contributed by atoms with van der Waals surface area (Å²) in [5.74, 6) is 0.632. The van der Waals surface area contributed by atoms with E-state index in [-0.39, 0.29) is 0 Å². The Balaban J connectivity index is 2.46. The Morgan fingerprint density at radius 3 is 2.85 bits per heavy atom. The molecule has 0 saturated carbocycles. The molecule has 66 valence electrons. The first kappa shape index (κ1) is 8.12. The van der Waals surface area contributed by atoms with Crippen molar-refractivity contribution in [1.82, 2.24) is 15.0 Å². The molecule has 0 unspecified atom stereocenters. The van der Waals surface area contributed by atoms with Crippen molar-refractivity contribution in [3.63, 3.8) is 0 Å². The van der Waals surface area contributed by atoms with Crippen LogP contribution in [0.4, 0.5) is 5.13 Å². The number of aryl methyl sites for hydroxylation is 1. The second kappa shape index (κ2) is 3.10. The molecule has 0 aromatic carbocycles. The molecule has 0 radical (unpaired) electrons. The molecule has 2 heterocycles. The number of rotatable bonds is 1. The molecule has 2 rings (SSSR count). The van der Waals surface area contributed by atoms with E-state index in [0.29, 0.717) is 11.0 Å². The van der Waals surface area contributed by atoms with Crippen LogP contribution < -0.4 is 5.73 Å². The first-order valence-corrected chi connectivity index (χ1v) is 4.65. The summed E-state index contributed by atoms with van der Waals surface area (Å²) < 4.78 is 0. The van der Waals surface area contributed by atoms with E-state index < -0.39 is 0 Å². The normalized spacial score (nSPS) is 10.2. The highest BCUT2D eigenvalue weighted by atomic mass is 32.1. The molecule has 5 heteroatoms. The Labute approximate surface area is 79.5 Å². The van der Waals surface area contributed by atoms with Gasteiger partial charge in [0.15, 0.2) is 11.0 Å². The van der Waals surface area contributed by atoms with Gasteiger partial charge in [-0.15, -0.1) is 11.3 Å². The lowest BCUT2D eigenvalue weighted by Gasteiger charge is -1.94. The summed E-state index contributed by atoms with van der Waals surface area (Å²) in [6, 6.07) is 1.85. The molecule has 13 heavy (non-hydrogen) atoms. The average Bonchev–Trinajstić information content (AvgIpc) is 2.52. The van der Waals surface area contributed by atoms with Crippen molar-refractivity contribution in [2.24, 2.45) is 0 Å². The molecular formula is C8H8N4S. The third-order valence-corrected chi connectivity index (χ3v) is 2.22. The zero-order valence-corrected chi connectivity index (χ0v) is 7.88.